The molecule has 32 heavy (non-hydrogen) atoms. The van der Waals surface area contributed by atoms with E-state index in [1.54, 1.807) is 7.11 Å². The van der Waals surface area contributed by atoms with Crippen LogP contribution in [0.3, 0.4) is 0 Å². The number of H-pyrrole nitrogens is 1. The molecule has 0 spiro atoms. The lowest BCUT2D eigenvalue weighted by atomic mass is 10.1. The molecule has 8 nitrogen and oxygen atoms in total. The van der Waals surface area contributed by atoms with Gasteiger partial charge < -0.3 is 20.1 Å². The summed E-state index contributed by atoms with van der Waals surface area (Å²) in [5.74, 6) is 1.88. The molecule has 2 aromatic carbocycles. The van der Waals surface area contributed by atoms with Gasteiger partial charge in [0.15, 0.2) is 0 Å². The zero-order valence-electron chi connectivity index (χ0n) is 18.5. The number of methoxy groups -OCH3 is 1. The second-order valence-electron chi connectivity index (χ2n) is 7.82. The van der Waals surface area contributed by atoms with Gasteiger partial charge in [-0.3, -0.25) is 14.5 Å². The molecule has 170 valence electrons. The summed E-state index contributed by atoms with van der Waals surface area (Å²) in [5.41, 5.74) is 4.45. The van der Waals surface area contributed by atoms with Crippen LogP contribution in [0.15, 0.2) is 42.5 Å². The molecule has 1 aromatic heterocycles. The number of nitrogens with one attached hydrogen (secondary N) is 2. The molecule has 4 rings (SSSR count). The first-order valence-electron chi connectivity index (χ1n) is 10.7. The van der Waals surface area contributed by atoms with Crippen molar-refractivity contribution in [2.24, 2.45) is 0 Å². The third-order valence-electron chi connectivity index (χ3n) is 5.58. The van der Waals surface area contributed by atoms with E-state index in [4.69, 9.17) is 19.6 Å². The minimum Gasteiger partial charge on any atom is -0.497 e. The molecule has 1 amide bonds. The van der Waals surface area contributed by atoms with Crippen molar-refractivity contribution in [3.63, 3.8) is 0 Å². The molecule has 0 saturated carbocycles. The normalized spacial score (nSPS) is 15.8. The quantitative estimate of drug-likeness (QED) is 0.490. The highest BCUT2D eigenvalue weighted by atomic mass is 16.5. The highest BCUT2D eigenvalue weighted by Gasteiger charge is 2.29. The molecule has 0 bridgehead atoms. The maximum atomic E-state index is 12.5. The van der Waals surface area contributed by atoms with Crippen molar-refractivity contribution >= 4 is 23.4 Å². The van der Waals surface area contributed by atoms with E-state index in [9.17, 15) is 4.79 Å². The number of carbonyl (C=O) groups excluding carboxylic acids is 1. The number of carbonyl (C=O) groups is 2. The van der Waals surface area contributed by atoms with Crippen LogP contribution in [0.5, 0.6) is 5.75 Å². The number of likely N-dealkylation sites (tertiary alicyclic amines) is 1. The van der Waals surface area contributed by atoms with Gasteiger partial charge in [-0.2, -0.15) is 0 Å². The van der Waals surface area contributed by atoms with Crippen molar-refractivity contribution in [1.29, 1.82) is 0 Å². The Balaban J connectivity index is 0.000000913. The Kier molecular flexibility index (Phi) is 8.21. The van der Waals surface area contributed by atoms with Gasteiger partial charge in [-0.1, -0.05) is 18.2 Å². The van der Waals surface area contributed by atoms with Crippen LogP contribution in [0.4, 0.5) is 0 Å². The van der Waals surface area contributed by atoms with E-state index in [0.29, 0.717) is 13.1 Å². The van der Waals surface area contributed by atoms with Gasteiger partial charge in [0.1, 0.15) is 11.6 Å². The third kappa shape index (κ3) is 6.07. The van der Waals surface area contributed by atoms with Gasteiger partial charge in [0.2, 0.25) is 5.91 Å². The lowest BCUT2D eigenvalue weighted by Gasteiger charge is -2.22. The van der Waals surface area contributed by atoms with Gasteiger partial charge in [-0.05, 0) is 68.1 Å². The summed E-state index contributed by atoms with van der Waals surface area (Å²) in [6, 6.07) is 14.4. The second kappa shape index (κ2) is 11.3. The number of benzene rings is 2. The standard InChI is InChI=1S/C23H28N4O2.CH2O2/c1-16-5-10-19-20(14-16)26-23(25-19)21-4-3-13-27(21)15-22(28)24-12-11-17-6-8-18(29-2)9-7-17;2-1-3/h5-10,14,21H,3-4,11-13,15H2,1-2H3,(H,24,28)(H,25,26);1H,(H,2,3). The van der Waals surface area contributed by atoms with Crippen molar-refractivity contribution < 1.29 is 19.4 Å². The SMILES string of the molecule is COc1ccc(CCNC(=O)CN2CCCC2c2nc3ccc(C)cc3[nH]2)cc1.O=CO. The van der Waals surface area contributed by atoms with Crippen LogP contribution in [-0.2, 0) is 16.0 Å². The Hall–Kier alpha value is -3.39. The number of carboxylic acid groups (broad SMARTS) is 1. The fourth-order valence-electron chi connectivity index (χ4n) is 4.00. The number of aryl methyl sites for hydroxylation is 1. The summed E-state index contributed by atoms with van der Waals surface area (Å²) in [5, 5.41) is 9.94. The van der Waals surface area contributed by atoms with Crippen LogP contribution >= 0.6 is 0 Å². The molecule has 1 aliphatic heterocycles. The smallest absolute Gasteiger partial charge is 0.290 e. The fourth-order valence-corrected chi connectivity index (χ4v) is 4.00. The Morgan fingerprint density at radius 3 is 2.78 bits per heavy atom. The zero-order valence-corrected chi connectivity index (χ0v) is 18.5. The molecular formula is C24H30N4O4. The van der Waals surface area contributed by atoms with E-state index in [0.717, 1.165) is 48.4 Å². The van der Waals surface area contributed by atoms with Gasteiger partial charge in [-0.25, -0.2) is 4.98 Å². The highest BCUT2D eigenvalue weighted by molar-refractivity contribution is 5.78. The third-order valence-corrected chi connectivity index (χ3v) is 5.58. The molecule has 0 aliphatic carbocycles. The summed E-state index contributed by atoms with van der Waals surface area (Å²) < 4.78 is 5.17. The van der Waals surface area contributed by atoms with E-state index >= 15 is 0 Å². The van der Waals surface area contributed by atoms with E-state index < -0.39 is 0 Å². The average molecular weight is 439 g/mol. The minimum absolute atomic E-state index is 0.0670. The summed E-state index contributed by atoms with van der Waals surface area (Å²) in [6.07, 6.45) is 2.92. The number of hydrogen-bond donors (Lipinski definition) is 3. The van der Waals surface area contributed by atoms with E-state index in [2.05, 4.69) is 40.3 Å². The van der Waals surface area contributed by atoms with Crippen LogP contribution in [0.25, 0.3) is 11.0 Å². The van der Waals surface area contributed by atoms with Crippen LogP contribution in [0, 0.1) is 6.92 Å². The molecule has 2 heterocycles. The number of amides is 1. The Morgan fingerprint density at radius 2 is 2.06 bits per heavy atom. The summed E-state index contributed by atoms with van der Waals surface area (Å²) in [6.45, 7) is 3.79. The lowest BCUT2D eigenvalue weighted by molar-refractivity contribution is -0.123. The molecule has 8 heteroatoms. The zero-order chi connectivity index (χ0) is 22.9. The molecule has 1 saturated heterocycles. The number of hydrogen-bond acceptors (Lipinski definition) is 5. The second-order valence-corrected chi connectivity index (χ2v) is 7.82. The number of rotatable bonds is 7. The fraction of sp³-hybridized carbons (Fsp3) is 0.375. The highest BCUT2D eigenvalue weighted by Crippen LogP contribution is 2.31. The van der Waals surface area contributed by atoms with Crippen molar-refractivity contribution in [3.05, 3.63) is 59.4 Å². The maximum Gasteiger partial charge on any atom is 0.290 e. The largest absolute Gasteiger partial charge is 0.497 e. The molecule has 3 aromatic rings. The molecule has 1 aliphatic rings. The first kappa shape index (κ1) is 23.3. The van der Waals surface area contributed by atoms with Gasteiger partial charge in [0, 0.05) is 6.54 Å². The average Bonchev–Trinajstić information content (AvgIpc) is 3.41. The van der Waals surface area contributed by atoms with E-state index in [1.807, 2.05) is 24.3 Å². The first-order chi connectivity index (χ1) is 15.5. The van der Waals surface area contributed by atoms with Crippen LogP contribution in [0.1, 0.15) is 35.8 Å². The van der Waals surface area contributed by atoms with Gasteiger partial charge >= 0.3 is 0 Å². The summed E-state index contributed by atoms with van der Waals surface area (Å²) in [4.78, 5) is 31.3. The Morgan fingerprint density at radius 1 is 1.31 bits per heavy atom. The lowest BCUT2D eigenvalue weighted by Crippen LogP contribution is -2.38. The number of imidazole rings is 1. The summed E-state index contributed by atoms with van der Waals surface area (Å²) in [7, 11) is 1.66. The number of aromatic nitrogens is 2. The maximum absolute atomic E-state index is 12.5. The Bertz CT molecular complexity index is 1030. The molecular weight excluding hydrogens is 408 g/mol. The molecule has 1 unspecified atom stereocenters. The van der Waals surface area contributed by atoms with Gasteiger partial charge in [0.25, 0.3) is 6.47 Å². The summed E-state index contributed by atoms with van der Waals surface area (Å²) >= 11 is 0. The number of ether oxygens (including phenoxy) is 1. The number of fused-ring (bicyclic) bond motifs is 1. The Labute approximate surface area is 187 Å². The van der Waals surface area contributed by atoms with E-state index in [1.165, 1.54) is 11.1 Å². The van der Waals surface area contributed by atoms with E-state index in [-0.39, 0.29) is 18.4 Å². The molecule has 1 fully saturated rings. The minimum atomic E-state index is -0.250. The van der Waals surface area contributed by atoms with Gasteiger partial charge in [0.05, 0.1) is 30.7 Å². The molecule has 3 N–H and O–H groups in total. The van der Waals surface area contributed by atoms with Crippen molar-refractivity contribution in [3.8, 4) is 5.75 Å². The first-order valence-corrected chi connectivity index (χ1v) is 10.7. The van der Waals surface area contributed by atoms with Crippen molar-refractivity contribution in [2.45, 2.75) is 32.2 Å². The monoisotopic (exact) mass is 438 g/mol. The van der Waals surface area contributed by atoms with Crippen molar-refractivity contribution in [1.82, 2.24) is 20.2 Å². The molecule has 1 atom stereocenters. The predicted octanol–water partition coefficient (Wildman–Crippen LogP) is 3.08. The van der Waals surface area contributed by atoms with Gasteiger partial charge in [-0.15, -0.1) is 0 Å². The number of nitrogens with zero attached hydrogens (tertiary/aromatic N) is 2. The number of aromatic amines is 1. The topological polar surface area (TPSA) is 108 Å². The van der Waals surface area contributed by atoms with Crippen LogP contribution in [-0.4, -0.2) is 59.1 Å². The van der Waals surface area contributed by atoms with Crippen molar-refractivity contribution in [2.75, 3.05) is 26.7 Å². The predicted molar refractivity (Wildman–Crippen MR) is 123 cm³/mol. The van der Waals surface area contributed by atoms with Crippen LogP contribution < -0.4 is 10.1 Å². The van der Waals surface area contributed by atoms with Crippen LogP contribution in [0.2, 0.25) is 0 Å². The molecule has 0 radical (unpaired) electrons.